The topological polar surface area (TPSA) is 49.7 Å². The monoisotopic (exact) mass is 369 g/mol. The molecule has 0 amide bonds. The third kappa shape index (κ3) is 3.65. The highest BCUT2D eigenvalue weighted by Crippen LogP contribution is 2.42. The number of hydrogen-bond acceptors (Lipinski definition) is 3. The van der Waals surface area contributed by atoms with Crippen molar-refractivity contribution in [1.29, 1.82) is 0 Å². The van der Waals surface area contributed by atoms with Gasteiger partial charge in [0.1, 0.15) is 5.65 Å². The number of pyridine rings is 1. The number of nitrogens with one attached hydrogen (secondary N) is 1. The maximum Gasteiger partial charge on any atom is 0.137 e. The molecule has 3 aromatic heterocycles. The summed E-state index contributed by atoms with van der Waals surface area (Å²) < 4.78 is 1.83. The SMILES string of the molecule is CC.CC.CC1CCN(C)C1(C)c1cnc2[nH]cc(-c3cnn(C)c3)c2c1. The number of nitrogens with zero attached hydrogens (tertiary/aromatic N) is 4. The van der Waals surface area contributed by atoms with Crippen molar-refractivity contribution < 1.29 is 0 Å². The van der Waals surface area contributed by atoms with Gasteiger partial charge in [-0.25, -0.2) is 4.98 Å². The number of aryl methyl sites for hydroxylation is 1. The Morgan fingerprint density at radius 2 is 1.85 bits per heavy atom. The van der Waals surface area contributed by atoms with E-state index in [-0.39, 0.29) is 5.54 Å². The van der Waals surface area contributed by atoms with E-state index >= 15 is 0 Å². The van der Waals surface area contributed by atoms with E-state index in [4.69, 9.17) is 0 Å². The standard InChI is InChI=1S/C18H23N5.2C2H6/c1-12-5-6-22(3)18(12,2)14-7-15-16(10-20-17(15)19-9-14)13-8-21-23(4)11-13;2*1-2/h7-12H,5-6H2,1-4H3,(H,19,20);2*1-2H3. The average Bonchev–Trinajstić information content (AvgIpc) is 3.39. The molecule has 1 aliphatic rings. The lowest BCUT2D eigenvalue weighted by Gasteiger charge is -2.36. The predicted molar refractivity (Wildman–Crippen MR) is 115 cm³/mol. The van der Waals surface area contributed by atoms with Crippen LogP contribution in [0.4, 0.5) is 0 Å². The first-order valence-corrected chi connectivity index (χ1v) is 10.2. The van der Waals surface area contributed by atoms with Gasteiger partial charge in [-0.15, -0.1) is 0 Å². The number of H-pyrrole nitrogens is 1. The van der Waals surface area contributed by atoms with Gasteiger partial charge in [0, 0.05) is 47.7 Å². The Balaban J connectivity index is 0.000000614. The van der Waals surface area contributed by atoms with Crippen molar-refractivity contribution in [2.24, 2.45) is 13.0 Å². The second-order valence-electron chi connectivity index (χ2n) is 6.98. The van der Waals surface area contributed by atoms with E-state index in [2.05, 4.69) is 46.9 Å². The molecule has 0 bridgehead atoms. The van der Waals surface area contributed by atoms with Crippen molar-refractivity contribution in [3.63, 3.8) is 0 Å². The van der Waals surface area contributed by atoms with Gasteiger partial charge < -0.3 is 4.98 Å². The zero-order valence-corrected chi connectivity index (χ0v) is 18.2. The molecule has 4 heterocycles. The van der Waals surface area contributed by atoms with Crippen molar-refractivity contribution in [1.82, 2.24) is 24.6 Å². The van der Waals surface area contributed by atoms with E-state index in [0.717, 1.165) is 17.8 Å². The molecule has 5 nitrogen and oxygen atoms in total. The second kappa shape index (κ2) is 8.70. The van der Waals surface area contributed by atoms with Gasteiger partial charge in [-0.2, -0.15) is 5.10 Å². The summed E-state index contributed by atoms with van der Waals surface area (Å²) >= 11 is 0. The molecule has 0 radical (unpaired) electrons. The molecule has 1 saturated heterocycles. The quantitative estimate of drug-likeness (QED) is 0.675. The van der Waals surface area contributed by atoms with Gasteiger partial charge in [0.25, 0.3) is 0 Å². The van der Waals surface area contributed by atoms with Gasteiger partial charge in [0.05, 0.1) is 6.20 Å². The molecule has 0 aliphatic carbocycles. The minimum absolute atomic E-state index is 0.0463. The van der Waals surface area contributed by atoms with Crippen LogP contribution in [0, 0.1) is 5.92 Å². The van der Waals surface area contributed by atoms with E-state index in [9.17, 15) is 0 Å². The zero-order chi connectivity index (χ0) is 20.2. The lowest BCUT2D eigenvalue weighted by atomic mass is 9.82. The Hall–Kier alpha value is -2.14. The molecule has 3 aromatic rings. The highest BCUT2D eigenvalue weighted by molar-refractivity contribution is 5.93. The number of likely N-dealkylation sites (tertiary alicyclic amines) is 1. The highest BCUT2D eigenvalue weighted by atomic mass is 15.2. The second-order valence-corrected chi connectivity index (χ2v) is 6.98. The molecular weight excluding hydrogens is 334 g/mol. The smallest absolute Gasteiger partial charge is 0.137 e. The molecule has 5 heteroatoms. The molecule has 2 atom stereocenters. The maximum absolute atomic E-state index is 4.68. The fourth-order valence-corrected chi connectivity index (χ4v) is 3.86. The van der Waals surface area contributed by atoms with Crippen LogP contribution in [0.15, 0.2) is 30.9 Å². The first-order valence-electron chi connectivity index (χ1n) is 10.2. The highest BCUT2D eigenvalue weighted by Gasteiger charge is 2.42. The van der Waals surface area contributed by atoms with Gasteiger partial charge in [0.15, 0.2) is 0 Å². The molecule has 0 aromatic carbocycles. The lowest BCUT2D eigenvalue weighted by Crippen LogP contribution is -2.39. The molecule has 4 rings (SSSR count). The van der Waals surface area contributed by atoms with Crippen LogP contribution in [0.25, 0.3) is 22.2 Å². The number of hydrogen-bond donors (Lipinski definition) is 1. The summed E-state index contributed by atoms with van der Waals surface area (Å²) in [5.74, 6) is 0.618. The molecule has 1 fully saturated rings. The Labute approximate surface area is 163 Å². The number of aromatic amines is 1. The molecule has 0 spiro atoms. The zero-order valence-electron chi connectivity index (χ0n) is 18.2. The number of rotatable bonds is 2. The molecule has 1 N–H and O–H groups in total. The van der Waals surface area contributed by atoms with Crippen LogP contribution in [-0.2, 0) is 12.6 Å². The van der Waals surface area contributed by atoms with Crippen LogP contribution in [-0.4, -0.2) is 38.2 Å². The van der Waals surface area contributed by atoms with Gasteiger partial charge in [-0.05, 0) is 44.5 Å². The molecule has 27 heavy (non-hydrogen) atoms. The molecule has 0 saturated carbocycles. The summed E-state index contributed by atoms with van der Waals surface area (Å²) in [7, 11) is 4.16. The summed E-state index contributed by atoms with van der Waals surface area (Å²) in [6.07, 6.45) is 9.24. The predicted octanol–water partition coefficient (Wildman–Crippen LogP) is 5.20. The van der Waals surface area contributed by atoms with E-state index in [1.165, 1.54) is 22.9 Å². The Morgan fingerprint density at radius 3 is 2.41 bits per heavy atom. The lowest BCUT2D eigenvalue weighted by molar-refractivity contribution is 0.158. The van der Waals surface area contributed by atoms with Crippen LogP contribution in [0.3, 0.4) is 0 Å². The van der Waals surface area contributed by atoms with Gasteiger partial charge in [-0.3, -0.25) is 9.58 Å². The minimum Gasteiger partial charge on any atom is -0.346 e. The van der Waals surface area contributed by atoms with Crippen LogP contribution >= 0.6 is 0 Å². The third-order valence-corrected chi connectivity index (χ3v) is 5.78. The van der Waals surface area contributed by atoms with E-state index < -0.39 is 0 Å². The molecular formula is C22H35N5. The summed E-state index contributed by atoms with van der Waals surface area (Å²) in [6, 6.07) is 2.31. The fourth-order valence-electron chi connectivity index (χ4n) is 3.86. The van der Waals surface area contributed by atoms with E-state index in [1.54, 1.807) is 0 Å². The molecule has 148 valence electrons. The van der Waals surface area contributed by atoms with Gasteiger partial charge >= 0.3 is 0 Å². The van der Waals surface area contributed by atoms with E-state index in [1.807, 2.05) is 64.2 Å². The van der Waals surface area contributed by atoms with Crippen LogP contribution in [0.5, 0.6) is 0 Å². The van der Waals surface area contributed by atoms with Gasteiger partial charge in [-0.1, -0.05) is 34.6 Å². The van der Waals surface area contributed by atoms with E-state index in [0.29, 0.717) is 5.92 Å². The Bertz CT molecular complexity index is 851. The summed E-state index contributed by atoms with van der Waals surface area (Å²) in [5, 5.41) is 5.46. The Morgan fingerprint density at radius 1 is 1.15 bits per heavy atom. The van der Waals surface area contributed by atoms with Crippen molar-refractivity contribution in [2.45, 2.75) is 53.5 Å². The van der Waals surface area contributed by atoms with Crippen molar-refractivity contribution in [2.75, 3.05) is 13.6 Å². The normalized spacial score (nSPS) is 22.1. The average molecular weight is 370 g/mol. The van der Waals surface area contributed by atoms with Gasteiger partial charge in [0.2, 0.25) is 0 Å². The first-order chi connectivity index (χ1) is 13.0. The summed E-state index contributed by atoms with van der Waals surface area (Å²) in [5.41, 5.74) is 4.56. The number of aromatic nitrogens is 4. The minimum atomic E-state index is 0.0463. The molecule has 1 aliphatic heterocycles. The first kappa shape index (κ1) is 21.2. The van der Waals surface area contributed by atoms with Crippen LogP contribution in [0.2, 0.25) is 0 Å². The largest absolute Gasteiger partial charge is 0.346 e. The van der Waals surface area contributed by atoms with Crippen molar-refractivity contribution in [3.8, 4) is 11.1 Å². The Kier molecular flexibility index (Phi) is 6.82. The number of fused-ring (bicyclic) bond motifs is 1. The van der Waals surface area contributed by atoms with Crippen LogP contribution < -0.4 is 0 Å². The van der Waals surface area contributed by atoms with Crippen LogP contribution in [0.1, 0.15) is 53.5 Å². The molecule has 2 unspecified atom stereocenters. The third-order valence-electron chi connectivity index (χ3n) is 5.78. The summed E-state index contributed by atoms with van der Waals surface area (Å²) in [4.78, 5) is 10.4. The summed E-state index contributed by atoms with van der Waals surface area (Å²) in [6.45, 7) is 13.8. The van der Waals surface area contributed by atoms with Crippen molar-refractivity contribution in [3.05, 3.63) is 36.4 Å². The van der Waals surface area contributed by atoms with Crippen molar-refractivity contribution >= 4 is 11.0 Å². The fraction of sp³-hybridized carbons (Fsp3) is 0.545. The maximum atomic E-state index is 4.68.